The maximum Gasteiger partial charge on any atom is 0.180 e. The van der Waals surface area contributed by atoms with Crippen LogP contribution in [0, 0.1) is 0 Å². The smallest absolute Gasteiger partial charge is 0.180 e. The molecule has 1 aliphatic heterocycles. The van der Waals surface area contributed by atoms with E-state index >= 15 is 0 Å². The summed E-state index contributed by atoms with van der Waals surface area (Å²) < 4.78 is 23.4. The number of hydrogen-bond donors (Lipinski definition) is 2. The Morgan fingerprint density at radius 2 is 0.745 bits per heavy atom. The van der Waals surface area contributed by atoms with Crippen molar-refractivity contribution in [2.24, 2.45) is 0 Å². The maximum absolute atomic E-state index is 9.64. The van der Waals surface area contributed by atoms with Crippen LogP contribution >= 0.6 is 11.3 Å². The van der Waals surface area contributed by atoms with Gasteiger partial charge in [0, 0.05) is 34.1 Å². The lowest BCUT2D eigenvalue weighted by Gasteiger charge is -2.26. The Balaban J connectivity index is 1.13. The zero-order valence-corrected chi connectivity index (χ0v) is 31.3. The molecular formula is C46H40N2O6S. The van der Waals surface area contributed by atoms with E-state index in [9.17, 15) is 10.2 Å². The Morgan fingerprint density at radius 1 is 0.455 bits per heavy atom. The topological polar surface area (TPSA) is 83.9 Å². The van der Waals surface area contributed by atoms with Crippen molar-refractivity contribution in [3.05, 3.63) is 157 Å². The van der Waals surface area contributed by atoms with Crippen LogP contribution in [0.1, 0.15) is 11.1 Å². The second-order valence-corrected chi connectivity index (χ2v) is 13.9. The Kier molecular flexibility index (Phi) is 10.4. The first kappa shape index (κ1) is 35.8. The first-order valence-corrected chi connectivity index (χ1v) is 18.8. The molecule has 8 rings (SSSR count). The highest BCUT2D eigenvalue weighted by Gasteiger charge is 2.27. The number of aliphatic hydroxyl groups is 2. The highest BCUT2D eigenvalue weighted by atomic mass is 32.1. The van der Waals surface area contributed by atoms with Crippen LogP contribution < -0.4 is 28.7 Å². The van der Waals surface area contributed by atoms with E-state index in [1.807, 2.05) is 97.1 Å². The number of fused-ring (bicyclic) bond motifs is 1. The monoisotopic (exact) mass is 748 g/mol. The molecule has 0 amide bonds. The SMILES string of the molecule is COc1ccc(N(c2ccc(OC)cc2)c2ccc(-c3sc(-c4ccc(N(c5ccc(CO)cc5)c5ccc(CO)cc5)cc4)c4c3OCCO4)cc2)cc1. The fourth-order valence-electron chi connectivity index (χ4n) is 6.71. The average molecular weight is 749 g/mol. The van der Waals surface area contributed by atoms with Crippen LogP contribution in [0.3, 0.4) is 0 Å². The van der Waals surface area contributed by atoms with E-state index in [-0.39, 0.29) is 13.2 Å². The lowest BCUT2D eigenvalue weighted by atomic mass is 10.1. The van der Waals surface area contributed by atoms with E-state index in [2.05, 4.69) is 58.3 Å². The normalized spacial score (nSPS) is 11.9. The Morgan fingerprint density at radius 3 is 1.04 bits per heavy atom. The number of nitrogens with zero attached hydrogens (tertiary/aromatic N) is 2. The summed E-state index contributed by atoms with van der Waals surface area (Å²) in [5, 5.41) is 19.3. The minimum Gasteiger partial charge on any atom is -0.497 e. The molecule has 8 nitrogen and oxygen atoms in total. The highest BCUT2D eigenvalue weighted by molar-refractivity contribution is 7.19. The molecule has 0 fully saturated rings. The summed E-state index contributed by atoms with van der Waals surface area (Å²) in [6.45, 7) is 0.923. The van der Waals surface area contributed by atoms with Crippen LogP contribution in [-0.4, -0.2) is 37.6 Å². The molecule has 2 heterocycles. The molecule has 2 N–H and O–H groups in total. The predicted octanol–water partition coefficient (Wildman–Crippen LogP) is 10.8. The number of rotatable bonds is 12. The molecule has 7 aromatic rings. The molecule has 9 heteroatoms. The van der Waals surface area contributed by atoms with Gasteiger partial charge in [-0.05, 0) is 119 Å². The van der Waals surface area contributed by atoms with Gasteiger partial charge < -0.3 is 39.0 Å². The van der Waals surface area contributed by atoms with Gasteiger partial charge in [0.05, 0.1) is 37.2 Å². The van der Waals surface area contributed by atoms with Gasteiger partial charge in [-0.1, -0.05) is 48.5 Å². The lowest BCUT2D eigenvalue weighted by molar-refractivity contribution is 0.175. The highest BCUT2D eigenvalue weighted by Crippen LogP contribution is 2.54. The minimum absolute atomic E-state index is 0.0188. The standard InChI is InChI=1S/C46H40N2O6S/c1-51-41-23-19-39(20-24-41)48(40-21-25-42(52-2)26-22-40)38-17-9-34(10-18-38)46-44-43(53-27-28-54-44)45(55-46)33-7-15-37(16-8-33)47(35-11-3-31(29-49)4-12-35)36-13-5-32(30-50)6-14-36/h3-26,49-50H,27-30H2,1-2H3. The van der Waals surface area contributed by atoms with Crippen molar-refractivity contribution in [3.8, 4) is 43.9 Å². The van der Waals surface area contributed by atoms with Gasteiger partial charge in [-0.3, -0.25) is 0 Å². The first-order valence-electron chi connectivity index (χ1n) is 18.0. The quantitative estimate of drug-likeness (QED) is 0.128. The Labute approximate surface area is 324 Å². The molecule has 0 aliphatic carbocycles. The van der Waals surface area contributed by atoms with Crippen molar-refractivity contribution in [1.29, 1.82) is 0 Å². The van der Waals surface area contributed by atoms with E-state index in [0.717, 1.165) is 89.1 Å². The third kappa shape index (κ3) is 7.33. The number of thiophene rings is 1. The molecule has 0 radical (unpaired) electrons. The molecule has 0 bridgehead atoms. The number of aliphatic hydroxyl groups excluding tert-OH is 2. The molecule has 1 aromatic heterocycles. The molecule has 0 unspecified atom stereocenters. The molecule has 55 heavy (non-hydrogen) atoms. The maximum atomic E-state index is 9.64. The van der Waals surface area contributed by atoms with E-state index in [4.69, 9.17) is 18.9 Å². The third-order valence-electron chi connectivity index (χ3n) is 9.59. The summed E-state index contributed by atoms with van der Waals surface area (Å²) in [6, 6.07) is 48.8. The fourth-order valence-corrected chi connectivity index (χ4v) is 7.91. The van der Waals surface area contributed by atoms with Crippen LogP contribution in [-0.2, 0) is 13.2 Å². The second-order valence-electron chi connectivity index (χ2n) is 12.9. The molecule has 0 atom stereocenters. The minimum atomic E-state index is -0.0188. The Hall–Kier alpha value is -6.26. The molecular weight excluding hydrogens is 709 g/mol. The summed E-state index contributed by atoms with van der Waals surface area (Å²) in [4.78, 5) is 6.37. The molecule has 276 valence electrons. The van der Waals surface area contributed by atoms with Crippen LogP contribution in [0.4, 0.5) is 34.1 Å². The zero-order chi connectivity index (χ0) is 37.7. The number of benzene rings is 6. The predicted molar refractivity (Wildman–Crippen MR) is 220 cm³/mol. The van der Waals surface area contributed by atoms with Gasteiger partial charge in [-0.25, -0.2) is 0 Å². The van der Waals surface area contributed by atoms with E-state index in [1.54, 1.807) is 25.6 Å². The summed E-state index contributed by atoms with van der Waals surface area (Å²) in [5.74, 6) is 3.11. The van der Waals surface area contributed by atoms with Gasteiger partial charge in [0.15, 0.2) is 11.5 Å². The van der Waals surface area contributed by atoms with E-state index in [0.29, 0.717) is 13.2 Å². The summed E-state index contributed by atoms with van der Waals surface area (Å²) in [5.41, 5.74) is 9.61. The van der Waals surface area contributed by atoms with E-state index < -0.39 is 0 Å². The van der Waals surface area contributed by atoms with Gasteiger partial charge in [0.25, 0.3) is 0 Å². The van der Waals surface area contributed by atoms with Crippen molar-refractivity contribution < 1.29 is 29.2 Å². The average Bonchev–Trinajstić information content (AvgIpc) is 3.65. The third-order valence-corrected chi connectivity index (χ3v) is 10.8. The van der Waals surface area contributed by atoms with Crippen molar-refractivity contribution in [3.63, 3.8) is 0 Å². The number of methoxy groups -OCH3 is 2. The zero-order valence-electron chi connectivity index (χ0n) is 30.5. The fraction of sp³-hybridized carbons (Fsp3) is 0.130. The van der Waals surface area contributed by atoms with Crippen molar-refractivity contribution in [2.75, 3.05) is 37.2 Å². The Bertz CT molecular complexity index is 2080. The van der Waals surface area contributed by atoms with Gasteiger partial charge in [0.1, 0.15) is 24.7 Å². The summed E-state index contributed by atoms with van der Waals surface area (Å²) in [7, 11) is 3.34. The van der Waals surface area contributed by atoms with Crippen LogP contribution in [0.5, 0.6) is 23.0 Å². The summed E-state index contributed by atoms with van der Waals surface area (Å²) >= 11 is 1.66. The number of hydrogen-bond acceptors (Lipinski definition) is 9. The summed E-state index contributed by atoms with van der Waals surface area (Å²) in [6.07, 6.45) is 0. The number of ether oxygens (including phenoxy) is 4. The van der Waals surface area contributed by atoms with Crippen LogP contribution in [0.25, 0.3) is 20.9 Å². The van der Waals surface area contributed by atoms with Gasteiger partial charge in [-0.2, -0.15) is 0 Å². The van der Waals surface area contributed by atoms with Crippen LogP contribution in [0.2, 0.25) is 0 Å². The van der Waals surface area contributed by atoms with Crippen molar-refractivity contribution >= 4 is 45.5 Å². The lowest BCUT2D eigenvalue weighted by Crippen LogP contribution is -2.14. The first-order chi connectivity index (χ1) is 27.1. The number of anilines is 6. The largest absolute Gasteiger partial charge is 0.497 e. The van der Waals surface area contributed by atoms with Crippen LogP contribution in [0.15, 0.2) is 146 Å². The molecule has 0 saturated carbocycles. The van der Waals surface area contributed by atoms with Crippen molar-refractivity contribution in [2.45, 2.75) is 13.2 Å². The van der Waals surface area contributed by atoms with E-state index in [1.165, 1.54) is 0 Å². The second kappa shape index (κ2) is 16.0. The van der Waals surface area contributed by atoms with Gasteiger partial charge in [-0.15, -0.1) is 11.3 Å². The van der Waals surface area contributed by atoms with Gasteiger partial charge >= 0.3 is 0 Å². The molecule has 1 aliphatic rings. The van der Waals surface area contributed by atoms with Gasteiger partial charge in [0.2, 0.25) is 0 Å². The molecule has 0 spiro atoms. The van der Waals surface area contributed by atoms with Crippen molar-refractivity contribution in [1.82, 2.24) is 0 Å². The molecule has 6 aromatic carbocycles. The molecule has 0 saturated heterocycles.